The molecule has 0 radical (unpaired) electrons. The van der Waals surface area contributed by atoms with Crippen LogP contribution in [0.4, 0.5) is 0 Å². The SMILES string of the molecule is CC(C)(C)OC(=O)/C=C/C1(C)CCC(C(=O)O)C1(C)C. The molecule has 0 aliphatic heterocycles. The summed E-state index contributed by atoms with van der Waals surface area (Å²) in [5.41, 5.74) is -1.22. The second-order valence-electron chi connectivity index (χ2n) is 7.44. The van der Waals surface area contributed by atoms with E-state index in [-0.39, 0.29) is 17.3 Å². The molecule has 1 rings (SSSR count). The molecule has 20 heavy (non-hydrogen) atoms. The molecule has 4 heteroatoms. The van der Waals surface area contributed by atoms with E-state index in [0.29, 0.717) is 6.42 Å². The van der Waals surface area contributed by atoms with Crippen molar-refractivity contribution in [3.05, 3.63) is 12.2 Å². The lowest BCUT2D eigenvalue weighted by Crippen LogP contribution is -2.36. The summed E-state index contributed by atoms with van der Waals surface area (Å²) in [6, 6.07) is 0. The van der Waals surface area contributed by atoms with Gasteiger partial charge in [-0.3, -0.25) is 4.79 Å². The van der Waals surface area contributed by atoms with Crippen LogP contribution in [0.5, 0.6) is 0 Å². The summed E-state index contributed by atoms with van der Waals surface area (Å²) in [6.07, 6.45) is 4.66. The van der Waals surface area contributed by atoms with Crippen molar-refractivity contribution in [1.82, 2.24) is 0 Å². The van der Waals surface area contributed by atoms with Gasteiger partial charge >= 0.3 is 11.9 Å². The quantitative estimate of drug-likeness (QED) is 0.636. The van der Waals surface area contributed by atoms with E-state index in [0.717, 1.165) is 6.42 Å². The standard InChI is InChI=1S/C16H26O4/c1-14(2,3)20-12(17)8-10-16(6)9-7-11(13(18)19)15(16,4)5/h8,10-11H,7,9H2,1-6H3,(H,18,19)/b10-8+. The molecule has 2 unspecified atom stereocenters. The topological polar surface area (TPSA) is 63.6 Å². The number of carboxylic acid groups (broad SMARTS) is 1. The maximum Gasteiger partial charge on any atom is 0.330 e. The van der Waals surface area contributed by atoms with Crippen LogP contribution in [0.1, 0.15) is 54.4 Å². The van der Waals surface area contributed by atoms with Gasteiger partial charge in [-0.1, -0.05) is 26.8 Å². The zero-order valence-corrected chi connectivity index (χ0v) is 13.3. The van der Waals surface area contributed by atoms with Gasteiger partial charge in [0.05, 0.1) is 5.92 Å². The Bertz CT molecular complexity index is 428. The average molecular weight is 282 g/mol. The van der Waals surface area contributed by atoms with Crippen LogP contribution in [-0.4, -0.2) is 22.6 Å². The van der Waals surface area contributed by atoms with Gasteiger partial charge in [-0.15, -0.1) is 0 Å². The van der Waals surface area contributed by atoms with Gasteiger partial charge < -0.3 is 9.84 Å². The summed E-state index contributed by atoms with van der Waals surface area (Å²) < 4.78 is 5.24. The van der Waals surface area contributed by atoms with Gasteiger partial charge in [0.15, 0.2) is 0 Å². The number of ether oxygens (including phenoxy) is 1. The van der Waals surface area contributed by atoms with Crippen molar-refractivity contribution < 1.29 is 19.4 Å². The summed E-state index contributed by atoms with van der Waals surface area (Å²) >= 11 is 0. The summed E-state index contributed by atoms with van der Waals surface area (Å²) in [6.45, 7) is 11.4. The summed E-state index contributed by atoms with van der Waals surface area (Å²) in [4.78, 5) is 23.1. The number of hydrogen-bond donors (Lipinski definition) is 1. The van der Waals surface area contributed by atoms with E-state index in [4.69, 9.17) is 4.74 Å². The molecule has 1 N–H and O–H groups in total. The molecule has 0 aromatic carbocycles. The highest BCUT2D eigenvalue weighted by atomic mass is 16.6. The van der Waals surface area contributed by atoms with Crippen molar-refractivity contribution in [2.75, 3.05) is 0 Å². The van der Waals surface area contributed by atoms with E-state index >= 15 is 0 Å². The minimum absolute atomic E-state index is 0.313. The molecule has 0 heterocycles. The van der Waals surface area contributed by atoms with E-state index in [9.17, 15) is 14.7 Å². The first-order valence-electron chi connectivity index (χ1n) is 7.04. The number of carbonyl (C=O) groups is 2. The number of rotatable bonds is 3. The second-order valence-corrected chi connectivity index (χ2v) is 7.44. The molecule has 1 aliphatic carbocycles. The predicted octanol–water partition coefficient (Wildman–Crippen LogP) is 3.41. The zero-order valence-electron chi connectivity index (χ0n) is 13.3. The lowest BCUT2D eigenvalue weighted by Gasteiger charge is -2.38. The lowest BCUT2D eigenvalue weighted by molar-refractivity contribution is -0.148. The van der Waals surface area contributed by atoms with Gasteiger partial charge in [0.25, 0.3) is 0 Å². The molecule has 0 saturated heterocycles. The fourth-order valence-corrected chi connectivity index (χ4v) is 2.84. The normalized spacial score (nSPS) is 29.6. The molecule has 0 bridgehead atoms. The van der Waals surface area contributed by atoms with Gasteiger partial charge in [0.2, 0.25) is 0 Å². The Morgan fingerprint density at radius 1 is 1.25 bits per heavy atom. The van der Waals surface area contributed by atoms with E-state index in [2.05, 4.69) is 0 Å². The van der Waals surface area contributed by atoms with Gasteiger partial charge in [-0.05, 0) is 44.4 Å². The first-order chi connectivity index (χ1) is 8.89. The number of carboxylic acids is 1. The molecule has 1 saturated carbocycles. The van der Waals surface area contributed by atoms with Crippen molar-refractivity contribution in [2.24, 2.45) is 16.7 Å². The monoisotopic (exact) mass is 282 g/mol. The minimum Gasteiger partial charge on any atom is -0.481 e. The number of esters is 1. The van der Waals surface area contributed by atoms with Crippen LogP contribution < -0.4 is 0 Å². The van der Waals surface area contributed by atoms with Crippen molar-refractivity contribution >= 4 is 11.9 Å². The fourth-order valence-electron chi connectivity index (χ4n) is 2.84. The Morgan fingerprint density at radius 2 is 1.80 bits per heavy atom. The van der Waals surface area contributed by atoms with Crippen LogP contribution in [0, 0.1) is 16.7 Å². The van der Waals surface area contributed by atoms with Crippen LogP contribution in [0.15, 0.2) is 12.2 Å². The predicted molar refractivity (Wildman–Crippen MR) is 77.2 cm³/mol. The fraction of sp³-hybridized carbons (Fsp3) is 0.750. The van der Waals surface area contributed by atoms with Crippen molar-refractivity contribution in [2.45, 2.75) is 60.0 Å². The Labute approximate surface area is 121 Å². The van der Waals surface area contributed by atoms with Crippen LogP contribution in [0.25, 0.3) is 0 Å². The Hall–Kier alpha value is -1.32. The molecule has 0 spiro atoms. The molecular formula is C16H26O4. The average Bonchev–Trinajstić information content (AvgIpc) is 2.45. The smallest absolute Gasteiger partial charge is 0.330 e. The summed E-state index contributed by atoms with van der Waals surface area (Å²) in [7, 11) is 0. The Morgan fingerprint density at radius 3 is 2.20 bits per heavy atom. The van der Waals surface area contributed by atoms with E-state index in [1.54, 1.807) is 0 Å². The van der Waals surface area contributed by atoms with Gasteiger partial charge in [-0.25, -0.2) is 4.79 Å². The van der Waals surface area contributed by atoms with E-state index < -0.39 is 17.0 Å². The highest BCUT2D eigenvalue weighted by Crippen LogP contribution is 2.56. The molecular weight excluding hydrogens is 256 g/mol. The molecule has 114 valence electrons. The Kier molecular flexibility index (Phi) is 4.37. The van der Waals surface area contributed by atoms with Crippen molar-refractivity contribution in [1.29, 1.82) is 0 Å². The Balaban J connectivity index is 2.86. The van der Waals surface area contributed by atoms with Crippen LogP contribution in [0.3, 0.4) is 0 Å². The molecule has 1 aliphatic rings. The highest BCUT2D eigenvalue weighted by Gasteiger charge is 2.52. The maximum atomic E-state index is 11.8. The van der Waals surface area contributed by atoms with Gasteiger partial charge in [-0.2, -0.15) is 0 Å². The summed E-state index contributed by atoms with van der Waals surface area (Å²) in [5, 5.41) is 9.30. The molecule has 0 aromatic heterocycles. The molecule has 1 fully saturated rings. The van der Waals surface area contributed by atoms with Crippen LogP contribution >= 0.6 is 0 Å². The number of carbonyl (C=O) groups excluding carboxylic acids is 1. The van der Waals surface area contributed by atoms with E-state index in [1.807, 2.05) is 47.6 Å². The van der Waals surface area contributed by atoms with Crippen LogP contribution in [-0.2, 0) is 14.3 Å². The molecule has 2 atom stereocenters. The number of allylic oxidation sites excluding steroid dienone is 1. The summed E-state index contributed by atoms with van der Waals surface area (Å²) in [5.74, 6) is -1.52. The third kappa shape index (κ3) is 3.41. The molecule has 0 aromatic rings. The first kappa shape index (κ1) is 16.7. The lowest BCUT2D eigenvalue weighted by atomic mass is 9.65. The highest BCUT2D eigenvalue weighted by molar-refractivity contribution is 5.82. The second kappa shape index (κ2) is 5.23. The maximum absolute atomic E-state index is 11.8. The first-order valence-corrected chi connectivity index (χ1v) is 7.04. The third-order valence-electron chi connectivity index (χ3n) is 4.59. The van der Waals surface area contributed by atoms with Crippen molar-refractivity contribution in [3.8, 4) is 0 Å². The number of aliphatic carboxylic acids is 1. The number of hydrogen-bond acceptors (Lipinski definition) is 3. The molecule has 0 amide bonds. The van der Waals surface area contributed by atoms with Gasteiger partial charge in [0.1, 0.15) is 5.60 Å². The van der Waals surface area contributed by atoms with E-state index in [1.165, 1.54) is 6.08 Å². The third-order valence-corrected chi connectivity index (χ3v) is 4.59. The van der Waals surface area contributed by atoms with Gasteiger partial charge in [0, 0.05) is 6.08 Å². The minimum atomic E-state index is -0.760. The molecule has 4 nitrogen and oxygen atoms in total. The van der Waals surface area contributed by atoms with Crippen LogP contribution in [0.2, 0.25) is 0 Å². The largest absolute Gasteiger partial charge is 0.481 e. The van der Waals surface area contributed by atoms with Crippen molar-refractivity contribution in [3.63, 3.8) is 0 Å². The zero-order chi connectivity index (χ0) is 15.8.